The maximum absolute atomic E-state index is 11.6. The van der Waals surface area contributed by atoms with Crippen LogP contribution in [0.5, 0.6) is 0 Å². The Morgan fingerprint density at radius 1 is 0.707 bits per heavy atom. The van der Waals surface area contributed by atoms with E-state index in [4.69, 9.17) is 20.3 Å². The Labute approximate surface area is 240 Å². The summed E-state index contributed by atoms with van der Waals surface area (Å²) in [6.45, 7) is 7.15. The summed E-state index contributed by atoms with van der Waals surface area (Å²) >= 11 is 0. The van der Waals surface area contributed by atoms with E-state index >= 15 is 0 Å². The topological polar surface area (TPSA) is 162 Å². The Kier molecular flexibility index (Phi) is 14.2. The Balaban J connectivity index is 0.000000410. The Hall–Kier alpha value is -4.28. The number of carbonyl (C=O) groups excluding carboxylic acids is 3. The maximum Gasteiger partial charge on any atom is 0.311 e. The Bertz CT molecular complexity index is 1210. The lowest BCUT2D eigenvalue weighted by molar-refractivity contribution is -0.151. The van der Waals surface area contributed by atoms with E-state index < -0.39 is 28.6 Å². The molecular formula is C31H40N2O8. The molecule has 0 atom stereocenters. The molecule has 2 amide bonds. The highest BCUT2D eigenvalue weighted by molar-refractivity contribution is 5.91. The van der Waals surface area contributed by atoms with Crippen LogP contribution in [-0.2, 0) is 36.8 Å². The van der Waals surface area contributed by atoms with Gasteiger partial charge in [-0.05, 0) is 87.8 Å². The molecule has 0 aliphatic rings. The molecule has 0 bridgehead atoms. The first-order valence-electron chi connectivity index (χ1n) is 13.0. The van der Waals surface area contributed by atoms with Crippen LogP contribution in [-0.4, -0.2) is 46.4 Å². The van der Waals surface area contributed by atoms with Gasteiger partial charge in [-0.1, -0.05) is 48.5 Å². The number of aliphatic carboxylic acids is 1. The quantitative estimate of drug-likeness (QED) is 0.107. The molecule has 2 rings (SSSR count). The maximum atomic E-state index is 11.6. The molecule has 41 heavy (non-hydrogen) atoms. The lowest BCUT2D eigenvalue weighted by Crippen LogP contribution is -2.26. The van der Waals surface area contributed by atoms with E-state index in [9.17, 15) is 19.2 Å². The smallest absolute Gasteiger partial charge is 0.311 e. The number of amides is 2. The summed E-state index contributed by atoms with van der Waals surface area (Å²) in [6.07, 6.45) is 8.36. The summed E-state index contributed by atoms with van der Waals surface area (Å²) < 4.78 is 4.78. The second-order valence-electron chi connectivity index (χ2n) is 10.7. The third-order valence-electron chi connectivity index (χ3n) is 6.43. The highest BCUT2D eigenvalue weighted by Gasteiger charge is 2.28. The predicted molar refractivity (Wildman–Crippen MR) is 155 cm³/mol. The zero-order valence-electron chi connectivity index (χ0n) is 24.1. The number of benzene rings is 2. The van der Waals surface area contributed by atoms with Gasteiger partial charge in [-0.2, -0.15) is 0 Å². The SMILES string of the molecule is CC(C)(CCc1ccc(/C=C/C(=O)NO)cc1)C(=O)O.COC(=O)C(C)(C)CCc1ccc(/C=C/C(=O)NO)cc1. The van der Waals surface area contributed by atoms with Gasteiger partial charge in [0, 0.05) is 12.2 Å². The average molecular weight is 569 g/mol. The van der Waals surface area contributed by atoms with Gasteiger partial charge in [0.2, 0.25) is 0 Å². The van der Waals surface area contributed by atoms with Gasteiger partial charge in [-0.3, -0.25) is 29.6 Å². The molecule has 0 saturated heterocycles. The van der Waals surface area contributed by atoms with Crippen molar-refractivity contribution in [2.75, 3.05) is 7.11 Å². The number of carbonyl (C=O) groups is 4. The molecule has 5 N–H and O–H groups in total. The minimum Gasteiger partial charge on any atom is -0.481 e. The van der Waals surface area contributed by atoms with Crippen LogP contribution in [0.3, 0.4) is 0 Å². The van der Waals surface area contributed by atoms with Crippen LogP contribution < -0.4 is 11.0 Å². The van der Waals surface area contributed by atoms with E-state index in [2.05, 4.69) is 0 Å². The van der Waals surface area contributed by atoms with Gasteiger partial charge in [-0.25, -0.2) is 11.0 Å². The fourth-order valence-electron chi connectivity index (χ4n) is 3.41. The molecule has 0 fully saturated rings. The predicted octanol–water partition coefficient (Wildman–Crippen LogP) is 4.59. The zero-order valence-corrected chi connectivity index (χ0v) is 24.1. The number of carboxylic acid groups (broad SMARTS) is 1. The van der Waals surface area contributed by atoms with Crippen molar-refractivity contribution in [3.05, 3.63) is 82.9 Å². The number of hydroxylamine groups is 2. The zero-order chi connectivity index (χ0) is 31.1. The van der Waals surface area contributed by atoms with Gasteiger partial charge in [0.05, 0.1) is 17.9 Å². The number of methoxy groups -OCH3 is 1. The number of nitrogens with one attached hydrogen (secondary N) is 2. The van der Waals surface area contributed by atoms with Crippen LogP contribution in [0.1, 0.15) is 62.8 Å². The fraction of sp³-hybridized carbons (Fsp3) is 0.355. The van der Waals surface area contributed by atoms with E-state index in [-0.39, 0.29) is 5.97 Å². The summed E-state index contributed by atoms with van der Waals surface area (Å²) in [5, 5.41) is 25.8. The summed E-state index contributed by atoms with van der Waals surface area (Å²) in [5.74, 6) is -2.17. The molecule has 10 nitrogen and oxygen atoms in total. The number of carboxylic acids is 1. The van der Waals surface area contributed by atoms with Crippen molar-refractivity contribution in [2.45, 2.75) is 53.4 Å². The summed E-state index contributed by atoms with van der Waals surface area (Å²) in [5.41, 5.74) is 5.63. The van der Waals surface area contributed by atoms with Crippen molar-refractivity contribution in [1.29, 1.82) is 0 Å². The molecule has 2 aromatic rings. The van der Waals surface area contributed by atoms with Crippen LogP contribution in [0, 0.1) is 10.8 Å². The van der Waals surface area contributed by atoms with Gasteiger partial charge < -0.3 is 9.84 Å². The first-order valence-corrected chi connectivity index (χ1v) is 13.0. The molecule has 0 heterocycles. The Morgan fingerprint density at radius 2 is 1.07 bits per heavy atom. The number of ether oxygens (including phenoxy) is 1. The molecule has 0 radical (unpaired) electrons. The summed E-state index contributed by atoms with van der Waals surface area (Å²) in [6, 6.07) is 15.1. The van der Waals surface area contributed by atoms with Crippen LogP contribution in [0.15, 0.2) is 60.7 Å². The van der Waals surface area contributed by atoms with E-state index in [1.807, 2.05) is 62.4 Å². The van der Waals surface area contributed by atoms with E-state index in [1.54, 1.807) is 26.0 Å². The first kappa shape index (κ1) is 34.7. The highest BCUT2D eigenvalue weighted by Crippen LogP contribution is 2.25. The average Bonchev–Trinajstić information content (AvgIpc) is 2.97. The fourth-order valence-corrected chi connectivity index (χ4v) is 3.41. The first-order chi connectivity index (χ1) is 19.2. The Morgan fingerprint density at radius 3 is 1.39 bits per heavy atom. The lowest BCUT2D eigenvalue weighted by Gasteiger charge is -2.21. The molecule has 222 valence electrons. The highest BCUT2D eigenvalue weighted by atomic mass is 16.5. The van der Waals surface area contributed by atoms with Crippen molar-refractivity contribution in [2.24, 2.45) is 10.8 Å². The van der Waals surface area contributed by atoms with Crippen molar-refractivity contribution in [1.82, 2.24) is 11.0 Å². The largest absolute Gasteiger partial charge is 0.481 e. The lowest BCUT2D eigenvalue weighted by atomic mass is 9.86. The number of aryl methyl sites for hydroxylation is 2. The second kappa shape index (κ2) is 16.7. The molecule has 0 aromatic heterocycles. The third-order valence-corrected chi connectivity index (χ3v) is 6.43. The molecule has 0 aliphatic carbocycles. The molecular weight excluding hydrogens is 528 g/mol. The van der Waals surface area contributed by atoms with Crippen LogP contribution in [0.2, 0.25) is 0 Å². The van der Waals surface area contributed by atoms with Gasteiger partial charge in [0.25, 0.3) is 11.8 Å². The van der Waals surface area contributed by atoms with Crippen molar-refractivity contribution in [3.63, 3.8) is 0 Å². The normalized spacial score (nSPS) is 11.5. The van der Waals surface area contributed by atoms with E-state index in [1.165, 1.54) is 30.2 Å². The van der Waals surface area contributed by atoms with Gasteiger partial charge in [-0.15, -0.1) is 0 Å². The van der Waals surface area contributed by atoms with Crippen LogP contribution in [0.25, 0.3) is 12.2 Å². The van der Waals surface area contributed by atoms with E-state index in [0.717, 1.165) is 28.7 Å². The van der Waals surface area contributed by atoms with Crippen molar-refractivity contribution < 1.29 is 39.4 Å². The molecule has 0 unspecified atom stereocenters. The number of rotatable bonds is 12. The monoisotopic (exact) mass is 568 g/mol. The minimum atomic E-state index is -0.799. The van der Waals surface area contributed by atoms with Crippen LogP contribution >= 0.6 is 0 Å². The number of hydrogen-bond donors (Lipinski definition) is 5. The standard InChI is InChI=1S/C16H21NO4.C15H19NO4/c1-16(2,15(19)21-3)11-10-13-6-4-12(5-7-13)8-9-14(18)17-20;1-15(2,14(18)19)10-9-12-5-3-11(4-6-12)7-8-13(17)16-20/h4-9,20H,10-11H2,1-3H3,(H,17,18);3-8,20H,9-10H2,1-2H3,(H,16,17)(H,18,19)/b9-8+;8-7+. The van der Waals surface area contributed by atoms with Gasteiger partial charge in [0.15, 0.2) is 0 Å². The summed E-state index contributed by atoms with van der Waals surface area (Å²) in [4.78, 5) is 44.3. The molecule has 0 aliphatic heterocycles. The molecule has 0 saturated carbocycles. The molecule has 10 heteroatoms. The summed E-state index contributed by atoms with van der Waals surface area (Å²) in [7, 11) is 1.40. The van der Waals surface area contributed by atoms with E-state index in [0.29, 0.717) is 19.3 Å². The molecule has 2 aromatic carbocycles. The molecule has 0 spiro atoms. The van der Waals surface area contributed by atoms with Gasteiger partial charge >= 0.3 is 11.9 Å². The second-order valence-corrected chi connectivity index (χ2v) is 10.7. The van der Waals surface area contributed by atoms with Gasteiger partial charge in [0.1, 0.15) is 0 Å². The van der Waals surface area contributed by atoms with Crippen LogP contribution in [0.4, 0.5) is 0 Å². The minimum absolute atomic E-state index is 0.211. The number of hydrogen-bond acceptors (Lipinski definition) is 7. The van der Waals surface area contributed by atoms with Crippen molar-refractivity contribution in [3.8, 4) is 0 Å². The van der Waals surface area contributed by atoms with Crippen molar-refractivity contribution >= 4 is 35.9 Å². The third kappa shape index (κ3) is 13.1. The number of esters is 1.